The molecule has 0 aliphatic rings. The van der Waals surface area contributed by atoms with Crippen LogP contribution in [0.15, 0.2) is 0 Å². The molecule has 0 aromatic carbocycles. The third-order valence-corrected chi connectivity index (χ3v) is 4.35. The van der Waals surface area contributed by atoms with Gasteiger partial charge >= 0.3 is 23.1 Å². The summed E-state index contributed by atoms with van der Waals surface area (Å²) in [5.74, 6) is -0.341. The molecule has 0 aliphatic heterocycles. The number of hydrogen-bond donors (Lipinski definition) is 2. The third kappa shape index (κ3) is 20.6. The Kier molecular flexibility index (Phi) is 17.7. The molecule has 1 unspecified atom stereocenters. The molecule has 2 N–H and O–H groups in total. The summed E-state index contributed by atoms with van der Waals surface area (Å²) in [5, 5.41) is 9.56. The fourth-order valence-electron chi connectivity index (χ4n) is 2.30. The summed E-state index contributed by atoms with van der Waals surface area (Å²) in [6.45, 7) is 2.23. The minimum Gasteiger partial charge on any atom is -0.393 e. The second-order valence-corrected chi connectivity index (χ2v) is 7.27. The van der Waals surface area contributed by atoms with E-state index >= 15 is 0 Å². The molecule has 0 heterocycles. The van der Waals surface area contributed by atoms with Crippen molar-refractivity contribution >= 4 is 33.2 Å². The van der Waals surface area contributed by atoms with Crippen LogP contribution in [0.3, 0.4) is 0 Å². The number of rotatable bonds is 14. The smallest absolute Gasteiger partial charge is 0.316 e. The lowest BCUT2D eigenvalue weighted by Crippen LogP contribution is -2.14. The second kappa shape index (κ2) is 15.5. The number of aliphatic hydroxyl groups is 1. The highest BCUT2D eigenvalue weighted by Gasteiger charge is 2.10. The van der Waals surface area contributed by atoms with Gasteiger partial charge in [0.25, 0.3) is 10.1 Å². The minimum absolute atomic E-state index is 0. The third-order valence-electron chi connectivity index (χ3n) is 3.60. The zero-order valence-electron chi connectivity index (χ0n) is 12.9. The lowest BCUT2D eigenvalue weighted by atomic mass is 10.0. The highest BCUT2D eigenvalue weighted by atomic mass is 32.2. The van der Waals surface area contributed by atoms with Crippen molar-refractivity contribution in [3.63, 3.8) is 0 Å². The molecule has 0 saturated heterocycles. The number of aliphatic hydroxyl groups excluding tert-OH is 1. The Bertz CT molecular complexity index is 307. The van der Waals surface area contributed by atoms with Crippen molar-refractivity contribution < 1.29 is 18.1 Å². The predicted molar refractivity (Wildman–Crippen MR) is 92.0 cm³/mol. The van der Waals surface area contributed by atoms with Crippen LogP contribution in [0.5, 0.6) is 0 Å². The molecule has 0 bridgehead atoms. The first-order valence-electron chi connectivity index (χ1n) is 8.09. The monoisotopic (exact) mass is 334 g/mol. The Morgan fingerprint density at radius 2 is 1.24 bits per heavy atom. The molecular weight excluding hydrogens is 301 g/mol. The summed E-state index contributed by atoms with van der Waals surface area (Å²) in [6.07, 6.45) is 12.6. The molecule has 0 amide bonds. The number of hydrogen-bond acceptors (Lipinski definition) is 3. The van der Waals surface area contributed by atoms with Gasteiger partial charge in [0.2, 0.25) is 0 Å². The molecule has 126 valence electrons. The van der Waals surface area contributed by atoms with E-state index in [-0.39, 0.29) is 35.2 Å². The van der Waals surface area contributed by atoms with Crippen LogP contribution in [0, 0.1) is 0 Å². The number of unbranched alkanes of at least 4 members (excludes halogenated alkanes) is 9. The van der Waals surface area contributed by atoms with Gasteiger partial charge in [0, 0.05) is 0 Å². The molecule has 1 atom stereocenters. The second-order valence-electron chi connectivity index (χ2n) is 5.70. The largest absolute Gasteiger partial charge is 0.393 e. The van der Waals surface area contributed by atoms with Crippen LogP contribution >= 0.6 is 0 Å². The van der Waals surface area contributed by atoms with E-state index < -0.39 is 16.2 Å². The summed E-state index contributed by atoms with van der Waals surface area (Å²) >= 11 is 0. The van der Waals surface area contributed by atoms with Gasteiger partial charge in [-0.2, -0.15) is 8.42 Å². The summed E-state index contributed by atoms with van der Waals surface area (Å²) in [7, 11) is -3.93. The van der Waals surface area contributed by atoms with Crippen LogP contribution in [0.2, 0.25) is 0 Å². The highest BCUT2D eigenvalue weighted by molar-refractivity contribution is 7.85. The fourth-order valence-corrected chi connectivity index (χ4v) is 2.87. The molecule has 0 fully saturated rings. The minimum atomic E-state index is -3.93. The molecule has 0 spiro atoms. The Balaban J connectivity index is 0. The molecule has 0 aromatic rings. The highest BCUT2D eigenvalue weighted by Crippen LogP contribution is 2.13. The lowest BCUT2D eigenvalue weighted by molar-refractivity contribution is 0.156. The molecule has 0 saturated carbocycles. The molecule has 4 nitrogen and oxygen atoms in total. The SMILES string of the molecule is CCCCCCCCCCCCC(O)CCS(=O)(=O)O.[MgH2]. The van der Waals surface area contributed by atoms with Crippen molar-refractivity contribution in [2.45, 2.75) is 90.1 Å². The van der Waals surface area contributed by atoms with Gasteiger partial charge in [-0.05, 0) is 12.8 Å². The Hall–Kier alpha value is 0.636. The van der Waals surface area contributed by atoms with Crippen molar-refractivity contribution in [2.24, 2.45) is 0 Å². The van der Waals surface area contributed by atoms with Gasteiger partial charge in [0.1, 0.15) is 0 Å². The first kappa shape index (κ1) is 23.9. The van der Waals surface area contributed by atoms with Crippen LogP contribution in [0.25, 0.3) is 0 Å². The Morgan fingerprint density at radius 1 is 0.810 bits per heavy atom. The summed E-state index contributed by atoms with van der Waals surface area (Å²) in [4.78, 5) is 0. The molecule has 6 heteroatoms. The van der Waals surface area contributed by atoms with Crippen LogP contribution in [0.4, 0.5) is 0 Å². The van der Waals surface area contributed by atoms with Gasteiger partial charge < -0.3 is 5.11 Å². The van der Waals surface area contributed by atoms with E-state index in [0.717, 1.165) is 12.8 Å². The van der Waals surface area contributed by atoms with Crippen LogP contribution < -0.4 is 0 Å². The van der Waals surface area contributed by atoms with Gasteiger partial charge in [-0.25, -0.2) is 0 Å². The molecule has 0 radical (unpaired) electrons. The van der Waals surface area contributed by atoms with Gasteiger partial charge in [0.05, 0.1) is 11.9 Å². The maximum Gasteiger partial charge on any atom is 0.316 e. The van der Waals surface area contributed by atoms with Crippen molar-refractivity contribution in [1.29, 1.82) is 0 Å². The van der Waals surface area contributed by atoms with Gasteiger partial charge in [-0.3, -0.25) is 4.55 Å². The summed E-state index contributed by atoms with van der Waals surface area (Å²) < 4.78 is 29.6. The molecule has 0 aromatic heterocycles. The molecular formula is C15H34MgO4S. The van der Waals surface area contributed by atoms with Gasteiger partial charge in [-0.1, -0.05) is 71.1 Å². The van der Waals surface area contributed by atoms with Crippen LogP contribution in [-0.4, -0.2) is 53.0 Å². The Labute approximate surface area is 147 Å². The standard InChI is InChI=1S/C15H32O4S.Mg.2H/c1-2-3-4-5-6-7-8-9-10-11-12-15(16)13-14-20(17,18)19;;;/h15-16H,2-14H2,1H3,(H,17,18,19);;;. The van der Waals surface area contributed by atoms with E-state index in [1.165, 1.54) is 51.4 Å². The fraction of sp³-hybridized carbons (Fsp3) is 1.00. The average molecular weight is 335 g/mol. The van der Waals surface area contributed by atoms with Gasteiger partial charge in [-0.15, -0.1) is 0 Å². The molecule has 0 aliphatic carbocycles. The van der Waals surface area contributed by atoms with Crippen LogP contribution in [-0.2, 0) is 10.1 Å². The van der Waals surface area contributed by atoms with Crippen molar-refractivity contribution in [2.75, 3.05) is 5.75 Å². The van der Waals surface area contributed by atoms with E-state index in [1.54, 1.807) is 0 Å². The molecule has 21 heavy (non-hydrogen) atoms. The first-order chi connectivity index (χ1) is 9.45. The zero-order valence-corrected chi connectivity index (χ0v) is 13.7. The molecule has 0 rings (SSSR count). The quantitative estimate of drug-likeness (QED) is 0.291. The average Bonchev–Trinajstić information content (AvgIpc) is 2.38. The van der Waals surface area contributed by atoms with Crippen LogP contribution in [0.1, 0.15) is 84.0 Å². The van der Waals surface area contributed by atoms with Crippen molar-refractivity contribution in [3.8, 4) is 0 Å². The summed E-state index contributed by atoms with van der Waals surface area (Å²) in [5.41, 5.74) is 0. The Morgan fingerprint density at radius 3 is 1.67 bits per heavy atom. The normalized spacial score (nSPS) is 12.9. The zero-order chi connectivity index (χ0) is 15.3. The van der Waals surface area contributed by atoms with E-state index in [4.69, 9.17) is 4.55 Å². The van der Waals surface area contributed by atoms with E-state index in [9.17, 15) is 13.5 Å². The predicted octanol–water partition coefficient (Wildman–Crippen LogP) is 3.02. The van der Waals surface area contributed by atoms with E-state index in [0.29, 0.717) is 6.42 Å². The summed E-state index contributed by atoms with van der Waals surface area (Å²) in [6, 6.07) is 0. The topological polar surface area (TPSA) is 74.6 Å². The van der Waals surface area contributed by atoms with E-state index in [2.05, 4.69) is 6.92 Å². The first-order valence-corrected chi connectivity index (χ1v) is 9.70. The van der Waals surface area contributed by atoms with Crippen molar-refractivity contribution in [1.82, 2.24) is 0 Å². The van der Waals surface area contributed by atoms with Crippen molar-refractivity contribution in [3.05, 3.63) is 0 Å². The lowest BCUT2D eigenvalue weighted by Gasteiger charge is -2.09. The maximum atomic E-state index is 10.5. The maximum absolute atomic E-state index is 10.5. The van der Waals surface area contributed by atoms with E-state index in [1.807, 2.05) is 0 Å². The van der Waals surface area contributed by atoms with Gasteiger partial charge in [0.15, 0.2) is 0 Å².